The molecule has 1 aliphatic carbocycles. The predicted molar refractivity (Wildman–Crippen MR) is 97.4 cm³/mol. The van der Waals surface area contributed by atoms with Crippen LogP contribution in [0, 0.1) is 17.0 Å². The molecule has 0 amide bonds. The highest BCUT2D eigenvalue weighted by Gasteiger charge is 2.38. The van der Waals surface area contributed by atoms with Gasteiger partial charge in [0.15, 0.2) is 0 Å². The summed E-state index contributed by atoms with van der Waals surface area (Å²) in [7, 11) is 0. The summed E-state index contributed by atoms with van der Waals surface area (Å²) in [4.78, 5) is 13.9. The molecule has 1 aliphatic rings. The van der Waals surface area contributed by atoms with Gasteiger partial charge >= 0.3 is 6.18 Å². The Hall–Kier alpha value is -2.84. The summed E-state index contributed by atoms with van der Waals surface area (Å²) in [6, 6.07) is 6.66. The first-order valence-corrected chi connectivity index (χ1v) is 8.94. The van der Waals surface area contributed by atoms with E-state index in [0.717, 1.165) is 49.3 Å². The fourth-order valence-corrected chi connectivity index (χ4v) is 3.36. The number of halogens is 3. The summed E-state index contributed by atoms with van der Waals surface area (Å²) in [5.41, 5.74) is -1.09. The van der Waals surface area contributed by atoms with Crippen molar-refractivity contribution in [3.05, 3.63) is 57.9 Å². The second-order valence-electron chi connectivity index (χ2n) is 6.86. The Labute approximate surface area is 159 Å². The van der Waals surface area contributed by atoms with Crippen LogP contribution in [0.2, 0.25) is 0 Å². The molecule has 0 atom stereocenters. The van der Waals surface area contributed by atoms with Crippen molar-refractivity contribution in [1.29, 1.82) is 0 Å². The van der Waals surface area contributed by atoms with Crippen molar-refractivity contribution in [2.75, 3.05) is 5.32 Å². The average molecular weight is 395 g/mol. The molecule has 1 N–H and O–H groups in total. The Kier molecular flexibility index (Phi) is 5.71. The smallest absolute Gasteiger partial charge is 0.423 e. The summed E-state index contributed by atoms with van der Waals surface area (Å²) < 4.78 is 45.3. The number of aryl methyl sites for hydroxylation is 1. The molecule has 0 aliphatic heterocycles. The first kappa shape index (κ1) is 19.9. The summed E-state index contributed by atoms with van der Waals surface area (Å²) in [6.07, 6.45) is -0.0718. The van der Waals surface area contributed by atoms with Crippen LogP contribution in [0.1, 0.15) is 36.9 Å². The number of nitrogens with zero attached hydrogens (tertiary/aromatic N) is 2. The number of rotatable bonds is 5. The van der Waals surface area contributed by atoms with E-state index in [9.17, 15) is 23.3 Å². The van der Waals surface area contributed by atoms with E-state index in [-0.39, 0.29) is 17.8 Å². The van der Waals surface area contributed by atoms with Gasteiger partial charge in [-0.25, -0.2) is 0 Å². The van der Waals surface area contributed by atoms with Crippen LogP contribution in [0.3, 0.4) is 0 Å². The summed E-state index contributed by atoms with van der Waals surface area (Å²) >= 11 is 0. The van der Waals surface area contributed by atoms with Gasteiger partial charge < -0.3 is 10.1 Å². The third-order valence-corrected chi connectivity index (χ3v) is 4.71. The van der Waals surface area contributed by atoms with E-state index in [1.165, 1.54) is 6.07 Å². The quantitative estimate of drug-likeness (QED) is 0.562. The Morgan fingerprint density at radius 1 is 1.18 bits per heavy atom. The molecule has 1 aromatic carbocycles. The molecular formula is C19H20F3N3O3. The number of hydrogen-bond acceptors (Lipinski definition) is 5. The van der Waals surface area contributed by atoms with Gasteiger partial charge in [-0.05, 0) is 50.8 Å². The number of aromatic nitrogens is 1. The number of alkyl halides is 3. The average Bonchev–Trinajstić information content (AvgIpc) is 2.62. The molecule has 9 heteroatoms. The van der Waals surface area contributed by atoms with Crippen LogP contribution in [0.4, 0.5) is 24.5 Å². The molecule has 6 nitrogen and oxygen atoms in total. The lowest BCUT2D eigenvalue weighted by Crippen LogP contribution is -2.31. The molecule has 1 fully saturated rings. The number of nitro benzene ring substituents is 1. The Bertz CT molecular complexity index is 850. The van der Waals surface area contributed by atoms with Gasteiger partial charge in [0, 0.05) is 35.8 Å². The minimum Gasteiger partial charge on any atom is -0.490 e. The van der Waals surface area contributed by atoms with Gasteiger partial charge in [0.1, 0.15) is 11.3 Å². The minimum absolute atomic E-state index is 0.0124. The number of benzene rings is 1. The monoisotopic (exact) mass is 395 g/mol. The second kappa shape index (κ2) is 8.04. The molecule has 0 bridgehead atoms. The standard InChI is InChI=1S/C19H20F3N3O3/c1-12-10-16(8-9-23-12)28-15-5-2-13(3-6-15)24-14-4-7-18(25(26)27)17(11-14)19(20,21)22/h4,7-11,13,15,24H,2-3,5-6H2,1H3/t13-,15-. The van der Waals surface area contributed by atoms with Gasteiger partial charge in [-0.1, -0.05) is 0 Å². The summed E-state index contributed by atoms with van der Waals surface area (Å²) in [5.74, 6) is 0.758. The van der Waals surface area contributed by atoms with Crippen molar-refractivity contribution in [2.45, 2.75) is 50.9 Å². The molecule has 0 unspecified atom stereocenters. The molecule has 1 saturated carbocycles. The van der Waals surface area contributed by atoms with E-state index in [0.29, 0.717) is 0 Å². The van der Waals surface area contributed by atoms with Crippen LogP contribution < -0.4 is 10.1 Å². The predicted octanol–water partition coefficient (Wildman–Crippen LogP) is 5.12. The van der Waals surface area contributed by atoms with E-state index in [1.807, 2.05) is 13.0 Å². The second-order valence-corrected chi connectivity index (χ2v) is 6.86. The van der Waals surface area contributed by atoms with E-state index in [2.05, 4.69) is 10.3 Å². The van der Waals surface area contributed by atoms with Crippen molar-refractivity contribution in [3.8, 4) is 5.75 Å². The van der Waals surface area contributed by atoms with Crippen molar-refractivity contribution in [2.24, 2.45) is 0 Å². The normalized spacial score (nSPS) is 19.9. The first-order valence-electron chi connectivity index (χ1n) is 8.94. The van der Waals surface area contributed by atoms with Crippen molar-refractivity contribution in [3.63, 3.8) is 0 Å². The van der Waals surface area contributed by atoms with Gasteiger partial charge in [-0.3, -0.25) is 15.1 Å². The molecule has 2 aromatic rings. The summed E-state index contributed by atoms with van der Waals surface area (Å²) in [6.45, 7) is 1.88. The lowest BCUT2D eigenvalue weighted by Gasteiger charge is -2.30. The van der Waals surface area contributed by atoms with E-state index in [4.69, 9.17) is 4.74 Å². The first-order chi connectivity index (χ1) is 13.2. The maximum absolute atomic E-state index is 13.1. The number of hydrogen-bond donors (Lipinski definition) is 1. The largest absolute Gasteiger partial charge is 0.490 e. The zero-order valence-corrected chi connectivity index (χ0v) is 15.2. The van der Waals surface area contributed by atoms with Crippen molar-refractivity contribution < 1.29 is 22.8 Å². The van der Waals surface area contributed by atoms with Crippen LogP contribution >= 0.6 is 0 Å². The molecule has 28 heavy (non-hydrogen) atoms. The molecular weight excluding hydrogens is 375 g/mol. The highest BCUT2D eigenvalue weighted by Crippen LogP contribution is 2.38. The highest BCUT2D eigenvalue weighted by atomic mass is 19.4. The molecule has 0 radical (unpaired) electrons. The number of nitro groups is 1. The third-order valence-electron chi connectivity index (χ3n) is 4.71. The summed E-state index contributed by atoms with van der Waals surface area (Å²) in [5, 5.41) is 13.9. The van der Waals surface area contributed by atoms with Gasteiger partial charge in [0.05, 0.1) is 11.0 Å². The maximum atomic E-state index is 13.1. The molecule has 0 saturated heterocycles. The van der Waals surface area contributed by atoms with Crippen LogP contribution in [0.5, 0.6) is 5.75 Å². The number of ether oxygens (including phenoxy) is 1. The highest BCUT2D eigenvalue weighted by molar-refractivity contribution is 5.55. The van der Waals surface area contributed by atoms with Crippen LogP contribution in [0.15, 0.2) is 36.5 Å². The van der Waals surface area contributed by atoms with Gasteiger partial charge in [0.2, 0.25) is 0 Å². The van der Waals surface area contributed by atoms with Crippen molar-refractivity contribution >= 4 is 11.4 Å². The molecule has 0 spiro atoms. The number of pyridine rings is 1. The fraction of sp³-hybridized carbons (Fsp3) is 0.421. The maximum Gasteiger partial charge on any atom is 0.423 e. The molecule has 1 heterocycles. The third kappa shape index (κ3) is 4.90. The Balaban J connectivity index is 1.61. The van der Waals surface area contributed by atoms with Crippen LogP contribution in [0.25, 0.3) is 0 Å². The van der Waals surface area contributed by atoms with E-state index < -0.39 is 22.4 Å². The lowest BCUT2D eigenvalue weighted by atomic mass is 9.92. The fourth-order valence-electron chi connectivity index (χ4n) is 3.36. The molecule has 1 aromatic heterocycles. The van der Waals surface area contributed by atoms with Crippen LogP contribution in [-0.2, 0) is 6.18 Å². The topological polar surface area (TPSA) is 77.3 Å². The Morgan fingerprint density at radius 2 is 1.89 bits per heavy atom. The van der Waals surface area contributed by atoms with Gasteiger partial charge in [-0.2, -0.15) is 13.2 Å². The lowest BCUT2D eigenvalue weighted by molar-refractivity contribution is -0.388. The van der Waals surface area contributed by atoms with Gasteiger partial charge in [0.25, 0.3) is 5.69 Å². The number of nitrogens with one attached hydrogen (secondary N) is 1. The van der Waals surface area contributed by atoms with E-state index >= 15 is 0 Å². The zero-order chi connectivity index (χ0) is 20.3. The van der Waals surface area contributed by atoms with E-state index in [1.54, 1.807) is 12.3 Å². The molecule has 150 valence electrons. The zero-order valence-electron chi connectivity index (χ0n) is 15.2. The molecule has 3 rings (SSSR count). The van der Waals surface area contributed by atoms with Crippen LogP contribution in [-0.4, -0.2) is 22.1 Å². The SMILES string of the molecule is Cc1cc(O[C@H]2CC[C@H](Nc3ccc([N+](=O)[O-])c(C(F)(F)F)c3)CC2)ccn1. The minimum atomic E-state index is -4.78. The van der Waals surface area contributed by atoms with Gasteiger partial charge in [-0.15, -0.1) is 0 Å². The van der Waals surface area contributed by atoms with Crippen molar-refractivity contribution in [1.82, 2.24) is 4.98 Å². The Morgan fingerprint density at radius 3 is 2.50 bits per heavy atom. The number of anilines is 1.